The summed E-state index contributed by atoms with van der Waals surface area (Å²) in [5, 5.41) is 19.9. The van der Waals surface area contributed by atoms with Crippen LogP contribution in [0.1, 0.15) is 149 Å². The third-order valence-electron chi connectivity index (χ3n) is 7.69. The Hall–Kier alpha value is -2.18. The van der Waals surface area contributed by atoms with Gasteiger partial charge in [0.15, 0.2) is 0 Å². The van der Waals surface area contributed by atoms with E-state index in [1.165, 1.54) is 64.2 Å². The molecule has 0 aromatic heterocycles. The molecule has 6 nitrogen and oxygen atoms in total. The molecule has 1 unspecified atom stereocenters. The van der Waals surface area contributed by atoms with E-state index in [4.69, 9.17) is 9.47 Å². The van der Waals surface area contributed by atoms with Crippen molar-refractivity contribution in [3.05, 3.63) is 48.6 Å². The number of aliphatic hydroxyl groups is 2. The molecule has 254 valence electrons. The zero-order valence-corrected chi connectivity index (χ0v) is 28.4. The summed E-state index contributed by atoms with van der Waals surface area (Å²) >= 11 is 0. The van der Waals surface area contributed by atoms with Crippen molar-refractivity contribution in [1.82, 2.24) is 0 Å². The summed E-state index contributed by atoms with van der Waals surface area (Å²) in [6, 6.07) is 0. The molecule has 3 atom stereocenters. The highest BCUT2D eigenvalue weighted by atomic mass is 16.6. The van der Waals surface area contributed by atoms with Gasteiger partial charge in [0.2, 0.25) is 0 Å². The fourth-order valence-electron chi connectivity index (χ4n) is 4.54. The van der Waals surface area contributed by atoms with Gasteiger partial charge in [-0.05, 0) is 50.9 Å². The molecule has 0 aliphatic heterocycles. The van der Waals surface area contributed by atoms with Crippen LogP contribution in [0, 0.1) is 5.92 Å². The number of aliphatic hydroxyl groups excluding tert-OH is 2. The Labute approximate surface area is 270 Å². The molecule has 44 heavy (non-hydrogen) atoms. The molecule has 0 fully saturated rings. The van der Waals surface area contributed by atoms with E-state index in [9.17, 15) is 19.8 Å². The van der Waals surface area contributed by atoms with Crippen LogP contribution in [0.2, 0.25) is 0 Å². The first-order valence-electron chi connectivity index (χ1n) is 17.7. The fraction of sp³-hybridized carbons (Fsp3) is 0.737. The van der Waals surface area contributed by atoms with Crippen LogP contribution in [0.3, 0.4) is 0 Å². The predicted molar refractivity (Wildman–Crippen MR) is 183 cm³/mol. The molecule has 2 N–H and O–H groups in total. The summed E-state index contributed by atoms with van der Waals surface area (Å²) in [7, 11) is 0. The first-order chi connectivity index (χ1) is 21.4. The van der Waals surface area contributed by atoms with E-state index in [0.717, 1.165) is 44.4 Å². The second-order valence-electron chi connectivity index (χ2n) is 12.1. The molecule has 0 radical (unpaired) electrons. The van der Waals surface area contributed by atoms with E-state index in [-0.39, 0.29) is 31.6 Å². The highest BCUT2D eigenvalue weighted by Gasteiger charge is 2.12. The summed E-state index contributed by atoms with van der Waals surface area (Å²) in [5.74, 6) is 0.176. The van der Waals surface area contributed by atoms with Crippen LogP contribution in [0.4, 0.5) is 0 Å². The third-order valence-corrected chi connectivity index (χ3v) is 7.69. The lowest BCUT2D eigenvalue weighted by Gasteiger charge is -2.12. The molecule has 0 rings (SSSR count). The number of hydrogen-bond acceptors (Lipinski definition) is 6. The second kappa shape index (κ2) is 32.2. The van der Waals surface area contributed by atoms with Gasteiger partial charge in [0, 0.05) is 12.8 Å². The van der Waals surface area contributed by atoms with Crippen LogP contribution in [-0.4, -0.2) is 47.6 Å². The van der Waals surface area contributed by atoms with Crippen molar-refractivity contribution < 1.29 is 29.3 Å². The number of carbonyl (C=O) groups excluding carboxylic acids is 2. The van der Waals surface area contributed by atoms with Crippen molar-refractivity contribution >= 4 is 11.9 Å². The normalized spacial score (nSPS) is 14.2. The van der Waals surface area contributed by atoms with Crippen molar-refractivity contribution in [2.45, 2.75) is 161 Å². The van der Waals surface area contributed by atoms with E-state index in [0.29, 0.717) is 19.3 Å². The minimum Gasteiger partial charge on any atom is -0.463 e. The van der Waals surface area contributed by atoms with E-state index in [1.54, 1.807) is 0 Å². The van der Waals surface area contributed by atoms with Crippen molar-refractivity contribution in [3.63, 3.8) is 0 Å². The van der Waals surface area contributed by atoms with Crippen molar-refractivity contribution in [2.24, 2.45) is 5.92 Å². The Bertz CT molecular complexity index is 784. The Morgan fingerprint density at radius 3 is 1.91 bits per heavy atom. The SMILES string of the molecule is CCCCC/C=C\C=C/[C@@H](O)C/C=C\C/C=C/CCCC(=O)OC[C@@H](O)COC(=O)CCCCCCCCCCC(C)CC. The molecule has 0 heterocycles. The quantitative estimate of drug-likeness (QED) is 0.0360. The number of ether oxygens (including phenoxy) is 2. The highest BCUT2D eigenvalue weighted by molar-refractivity contribution is 5.69. The minimum absolute atomic E-state index is 0.150. The molecular formula is C38H66O6. The maximum atomic E-state index is 11.9. The van der Waals surface area contributed by atoms with Crippen molar-refractivity contribution in [1.29, 1.82) is 0 Å². The second-order valence-corrected chi connectivity index (χ2v) is 12.1. The summed E-state index contributed by atoms with van der Waals surface area (Å²) in [4.78, 5) is 23.8. The van der Waals surface area contributed by atoms with Gasteiger partial charge in [0.1, 0.15) is 19.3 Å². The van der Waals surface area contributed by atoms with Gasteiger partial charge in [0.05, 0.1) is 6.10 Å². The van der Waals surface area contributed by atoms with Crippen LogP contribution in [0.15, 0.2) is 48.6 Å². The molecule has 0 saturated carbocycles. The van der Waals surface area contributed by atoms with Crippen molar-refractivity contribution in [3.8, 4) is 0 Å². The van der Waals surface area contributed by atoms with Crippen molar-refractivity contribution in [2.75, 3.05) is 13.2 Å². The van der Waals surface area contributed by atoms with Gasteiger partial charge in [-0.2, -0.15) is 0 Å². The average molecular weight is 619 g/mol. The Balaban J connectivity index is 3.65. The van der Waals surface area contributed by atoms with Gasteiger partial charge >= 0.3 is 11.9 Å². The van der Waals surface area contributed by atoms with Gasteiger partial charge < -0.3 is 19.7 Å². The van der Waals surface area contributed by atoms with Crippen LogP contribution in [0.5, 0.6) is 0 Å². The first kappa shape index (κ1) is 41.8. The Morgan fingerprint density at radius 2 is 1.25 bits per heavy atom. The highest BCUT2D eigenvalue weighted by Crippen LogP contribution is 2.15. The molecule has 0 saturated heterocycles. The lowest BCUT2D eigenvalue weighted by molar-refractivity contribution is -0.152. The molecule has 0 aromatic rings. The summed E-state index contributed by atoms with van der Waals surface area (Å²) in [6.07, 6.45) is 34.7. The molecule has 0 aliphatic carbocycles. The monoisotopic (exact) mass is 618 g/mol. The number of unbranched alkanes of at least 4 members (excludes halogenated alkanes) is 11. The van der Waals surface area contributed by atoms with Crippen LogP contribution in [0.25, 0.3) is 0 Å². The molecule has 0 bridgehead atoms. The Kier molecular flexibility index (Phi) is 30.6. The summed E-state index contributed by atoms with van der Waals surface area (Å²) in [5.41, 5.74) is 0. The molecule has 0 aliphatic rings. The summed E-state index contributed by atoms with van der Waals surface area (Å²) < 4.78 is 10.2. The minimum atomic E-state index is -1.00. The fourth-order valence-corrected chi connectivity index (χ4v) is 4.54. The van der Waals surface area contributed by atoms with Crippen LogP contribution in [-0.2, 0) is 19.1 Å². The zero-order chi connectivity index (χ0) is 32.5. The molecule has 0 spiro atoms. The number of carbonyl (C=O) groups is 2. The van der Waals surface area contributed by atoms with E-state index in [1.807, 2.05) is 42.5 Å². The maximum absolute atomic E-state index is 11.9. The Morgan fingerprint density at radius 1 is 0.659 bits per heavy atom. The number of rotatable bonds is 30. The molecule has 6 heteroatoms. The lowest BCUT2D eigenvalue weighted by atomic mass is 9.99. The molecule has 0 aromatic carbocycles. The maximum Gasteiger partial charge on any atom is 0.305 e. The smallest absolute Gasteiger partial charge is 0.305 e. The standard InChI is InChI=1S/C38H66O6/c1-4-6-7-8-12-18-23-28-35(39)29-24-19-14-11-16-21-26-31-38(42)44-33-36(40)32-43-37(41)30-25-20-15-10-9-13-17-22-27-34(3)5-2/h11-12,16,18-19,23-24,28,34-36,39-40H,4-10,13-15,17,20-22,25-27,29-33H2,1-3H3/b16-11+,18-12-,24-19-,28-23-/t34?,35-,36+/m1/s1. The lowest BCUT2D eigenvalue weighted by Crippen LogP contribution is -2.25. The topological polar surface area (TPSA) is 93.1 Å². The number of allylic oxidation sites excluding steroid dienone is 6. The zero-order valence-electron chi connectivity index (χ0n) is 28.4. The van der Waals surface area contributed by atoms with Crippen LogP contribution < -0.4 is 0 Å². The van der Waals surface area contributed by atoms with E-state index >= 15 is 0 Å². The third kappa shape index (κ3) is 31.3. The number of hydrogen-bond donors (Lipinski definition) is 2. The largest absolute Gasteiger partial charge is 0.463 e. The number of esters is 2. The van der Waals surface area contributed by atoms with Gasteiger partial charge in [-0.15, -0.1) is 0 Å². The predicted octanol–water partition coefficient (Wildman–Crippen LogP) is 9.50. The summed E-state index contributed by atoms with van der Waals surface area (Å²) in [6.45, 7) is 6.47. The molecule has 0 amide bonds. The average Bonchev–Trinajstić information content (AvgIpc) is 3.02. The van der Waals surface area contributed by atoms with Gasteiger partial charge in [-0.3, -0.25) is 9.59 Å². The molecular weight excluding hydrogens is 552 g/mol. The van der Waals surface area contributed by atoms with Gasteiger partial charge in [-0.25, -0.2) is 0 Å². The van der Waals surface area contributed by atoms with Crippen LogP contribution >= 0.6 is 0 Å². The van der Waals surface area contributed by atoms with Gasteiger partial charge in [-0.1, -0.05) is 140 Å². The van der Waals surface area contributed by atoms with E-state index < -0.39 is 12.2 Å². The first-order valence-corrected chi connectivity index (χ1v) is 17.7. The van der Waals surface area contributed by atoms with E-state index in [2.05, 4.69) is 26.8 Å². The van der Waals surface area contributed by atoms with Gasteiger partial charge in [0.25, 0.3) is 0 Å².